The first-order valence-electron chi connectivity index (χ1n) is 6.84. The molecule has 1 aromatic rings. The minimum Gasteiger partial charge on any atom is -0.377 e. The summed E-state index contributed by atoms with van der Waals surface area (Å²) in [6, 6.07) is 10.4. The van der Waals surface area contributed by atoms with Crippen LogP contribution in [0.5, 0.6) is 0 Å². The fourth-order valence-corrected chi connectivity index (χ4v) is 2.82. The fourth-order valence-electron chi connectivity index (χ4n) is 2.82. The number of fused-ring (bicyclic) bond motifs is 1. The zero-order valence-corrected chi connectivity index (χ0v) is 11.0. The van der Waals surface area contributed by atoms with Gasteiger partial charge in [0, 0.05) is 12.5 Å². The zero-order chi connectivity index (χ0) is 13.1. The Kier molecular flexibility index (Phi) is 3.80. The van der Waals surface area contributed by atoms with Crippen LogP contribution in [0.3, 0.4) is 0 Å². The van der Waals surface area contributed by atoms with E-state index in [1.165, 1.54) is 5.56 Å². The van der Waals surface area contributed by atoms with Gasteiger partial charge in [-0.25, -0.2) is 0 Å². The third-order valence-corrected chi connectivity index (χ3v) is 3.89. The van der Waals surface area contributed by atoms with Gasteiger partial charge in [0.2, 0.25) is 5.91 Å². The lowest BCUT2D eigenvalue weighted by Crippen LogP contribution is -2.29. The van der Waals surface area contributed by atoms with Crippen LogP contribution in [0.4, 0.5) is 0 Å². The lowest BCUT2D eigenvalue weighted by molar-refractivity contribution is -0.133. The van der Waals surface area contributed by atoms with Gasteiger partial charge < -0.3 is 14.4 Å². The van der Waals surface area contributed by atoms with E-state index in [-0.39, 0.29) is 11.8 Å². The van der Waals surface area contributed by atoms with Crippen LogP contribution in [0, 0.1) is 5.92 Å². The molecule has 0 N–H and O–H groups in total. The third kappa shape index (κ3) is 2.80. The molecule has 0 bridgehead atoms. The minimum atomic E-state index is 0.129. The van der Waals surface area contributed by atoms with Crippen LogP contribution in [0.1, 0.15) is 18.4 Å². The molecule has 0 aromatic heterocycles. The summed E-state index contributed by atoms with van der Waals surface area (Å²) in [5.41, 5.74) is 1.18. The highest BCUT2D eigenvalue weighted by Gasteiger charge is 2.42. The van der Waals surface area contributed by atoms with Gasteiger partial charge in [-0.2, -0.15) is 0 Å². The van der Waals surface area contributed by atoms with E-state index >= 15 is 0 Å². The molecule has 0 saturated carbocycles. The molecule has 2 saturated heterocycles. The fraction of sp³-hybridized carbons (Fsp3) is 0.533. The maximum absolute atomic E-state index is 12.0. The molecule has 3 rings (SSSR count). The van der Waals surface area contributed by atoms with Gasteiger partial charge in [0.25, 0.3) is 0 Å². The Balaban J connectivity index is 1.40. The molecule has 4 nitrogen and oxygen atoms in total. The lowest BCUT2D eigenvalue weighted by atomic mass is 10.0. The summed E-state index contributed by atoms with van der Waals surface area (Å²) in [4.78, 5) is 13.9. The highest BCUT2D eigenvalue weighted by molar-refractivity contribution is 5.81. The molecule has 2 aliphatic heterocycles. The van der Waals surface area contributed by atoms with Crippen molar-refractivity contribution >= 4 is 5.91 Å². The van der Waals surface area contributed by atoms with Gasteiger partial charge >= 0.3 is 0 Å². The van der Waals surface area contributed by atoms with E-state index < -0.39 is 0 Å². The molecule has 0 spiro atoms. The van der Waals surface area contributed by atoms with Crippen LogP contribution >= 0.6 is 0 Å². The molecule has 1 aromatic carbocycles. The van der Waals surface area contributed by atoms with Crippen molar-refractivity contribution in [2.45, 2.75) is 25.5 Å². The average Bonchev–Trinajstić information content (AvgIpc) is 3.00. The van der Waals surface area contributed by atoms with Crippen molar-refractivity contribution in [3.05, 3.63) is 35.9 Å². The largest absolute Gasteiger partial charge is 0.377 e. The predicted octanol–water partition coefficient (Wildman–Crippen LogP) is 1.80. The molecule has 2 heterocycles. The number of rotatable bonds is 5. The zero-order valence-electron chi connectivity index (χ0n) is 11.0. The molecule has 2 atom stereocenters. The number of benzene rings is 1. The van der Waals surface area contributed by atoms with Gasteiger partial charge in [-0.15, -0.1) is 0 Å². The van der Waals surface area contributed by atoms with Gasteiger partial charge in [-0.3, -0.25) is 4.79 Å². The summed E-state index contributed by atoms with van der Waals surface area (Å²) >= 11 is 0. The van der Waals surface area contributed by atoms with Crippen LogP contribution in [0.2, 0.25) is 0 Å². The Hall–Kier alpha value is -1.39. The topological polar surface area (TPSA) is 38.8 Å². The molecular weight excluding hydrogens is 242 g/mol. The summed E-state index contributed by atoms with van der Waals surface area (Å²) in [6.45, 7) is 2.45. The monoisotopic (exact) mass is 261 g/mol. The number of nitrogens with zero attached hydrogens (tertiary/aromatic N) is 1. The smallest absolute Gasteiger partial charge is 0.228 e. The summed E-state index contributed by atoms with van der Waals surface area (Å²) in [7, 11) is 0. The molecule has 2 unspecified atom stereocenters. The third-order valence-electron chi connectivity index (χ3n) is 3.89. The average molecular weight is 261 g/mol. The van der Waals surface area contributed by atoms with E-state index in [0.717, 1.165) is 12.8 Å². The Bertz CT molecular complexity index is 434. The standard InChI is InChI=1S/C15H19NO3/c17-15-13(8-14-10-19-11-16(14)15)6-7-18-9-12-4-2-1-3-5-12/h1-5,13-14H,6-11H2. The Labute approximate surface area is 113 Å². The molecule has 102 valence electrons. The number of carbonyl (C=O) groups is 1. The Morgan fingerprint density at radius 2 is 2.16 bits per heavy atom. The molecule has 4 heteroatoms. The lowest BCUT2D eigenvalue weighted by Gasteiger charge is -2.12. The summed E-state index contributed by atoms with van der Waals surface area (Å²) in [6.07, 6.45) is 1.74. The van der Waals surface area contributed by atoms with Crippen molar-refractivity contribution in [3.63, 3.8) is 0 Å². The highest BCUT2D eigenvalue weighted by atomic mass is 16.5. The molecule has 0 radical (unpaired) electrons. The van der Waals surface area contributed by atoms with Crippen molar-refractivity contribution in [2.75, 3.05) is 19.9 Å². The van der Waals surface area contributed by atoms with Gasteiger partial charge in [-0.1, -0.05) is 30.3 Å². The van der Waals surface area contributed by atoms with Crippen LogP contribution in [-0.4, -0.2) is 36.8 Å². The maximum Gasteiger partial charge on any atom is 0.228 e. The number of hydrogen-bond donors (Lipinski definition) is 0. The SMILES string of the molecule is O=C1C(CCOCc2ccccc2)CC2COCN12. The van der Waals surface area contributed by atoms with E-state index in [1.54, 1.807) is 0 Å². The van der Waals surface area contributed by atoms with Crippen molar-refractivity contribution in [1.29, 1.82) is 0 Å². The molecule has 2 aliphatic rings. The molecule has 0 aliphatic carbocycles. The second-order valence-corrected chi connectivity index (χ2v) is 5.22. The molecule has 19 heavy (non-hydrogen) atoms. The van der Waals surface area contributed by atoms with E-state index in [2.05, 4.69) is 0 Å². The Morgan fingerprint density at radius 3 is 2.95 bits per heavy atom. The Morgan fingerprint density at radius 1 is 1.32 bits per heavy atom. The first-order chi connectivity index (χ1) is 9.34. The van der Waals surface area contributed by atoms with E-state index in [0.29, 0.717) is 32.6 Å². The van der Waals surface area contributed by atoms with E-state index in [4.69, 9.17) is 9.47 Å². The maximum atomic E-state index is 12.0. The van der Waals surface area contributed by atoms with Gasteiger partial charge in [0.05, 0.1) is 19.3 Å². The van der Waals surface area contributed by atoms with Crippen LogP contribution < -0.4 is 0 Å². The van der Waals surface area contributed by atoms with E-state index in [9.17, 15) is 4.79 Å². The second-order valence-electron chi connectivity index (χ2n) is 5.22. The molecular formula is C15H19NO3. The van der Waals surface area contributed by atoms with Crippen molar-refractivity contribution < 1.29 is 14.3 Å². The predicted molar refractivity (Wildman–Crippen MR) is 70.3 cm³/mol. The van der Waals surface area contributed by atoms with Crippen molar-refractivity contribution in [1.82, 2.24) is 4.90 Å². The van der Waals surface area contributed by atoms with Crippen molar-refractivity contribution in [2.24, 2.45) is 5.92 Å². The molecule has 2 fully saturated rings. The first-order valence-corrected chi connectivity index (χ1v) is 6.84. The van der Waals surface area contributed by atoms with Crippen LogP contribution in [0.15, 0.2) is 30.3 Å². The normalized spacial score (nSPS) is 25.9. The van der Waals surface area contributed by atoms with Crippen LogP contribution in [0.25, 0.3) is 0 Å². The highest BCUT2D eigenvalue weighted by Crippen LogP contribution is 2.30. The number of hydrogen-bond acceptors (Lipinski definition) is 3. The van der Waals surface area contributed by atoms with Gasteiger partial charge in [0.1, 0.15) is 6.73 Å². The van der Waals surface area contributed by atoms with Crippen molar-refractivity contribution in [3.8, 4) is 0 Å². The van der Waals surface area contributed by atoms with Gasteiger partial charge in [-0.05, 0) is 18.4 Å². The number of amides is 1. The molecule has 1 amide bonds. The number of carbonyl (C=O) groups excluding carboxylic acids is 1. The second kappa shape index (κ2) is 5.72. The summed E-state index contributed by atoms with van der Waals surface area (Å²) < 4.78 is 10.9. The summed E-state index contributed by atoms with van der Waals surface area (Å²) in [5.74, 6) is 0.371. The first kappa shape index (κ1) is 12.6. The van der Waals surface area contributed by atoms with Gasteiger partial charge in [0.15, 0.2) is 0 Å². The quantitative estimate of drug-likeness (QED) is 0.759. The van der Waals surface area contributed by atoms with E-state index in [1.807, 2.05) is 35.2 Å². The minimum absolute atomic E-state index is 0.129. The number of ether oxygens (including phenoxy) is 2. The summed E-state index contributed by atoms with van der Waals surface area (Å²) in [5, 5.41) is 0. The van der Waals surface area contributed by atoms with Crippen LogP contribution in [-0.2, 0) is 20.9 Å².